The highest BCUT2D eigenvalue weighted by Gasteiger charge is 2.38. The first-order chi connectivity index (χ1) is 9.80. The van der Waals surface area contributed by atoms with Crippen molar-refractivity contribution in [3.63, 3.8) is 0 Å². The van der Waals surface area contributed by atoms with Crippen LogP contribution in [0.4, 0.5) is 0 Å². The first-order valence-corrected chi connectivity index (χ1v) is 7.74. The average Bonchev–Trinajstić information content (AvgIpc) is 3.09. The van der Waals surface area contributed by atoms with Gasteiger partial charge < -0.3 is 14.8 Å². The van der Waals surface area contributed by atoms with Gasteiger partial charge in [-0.25, -0.2) is 0 Å². The molecule has 2 fully saturated rings. The third-order valence-corrected chi connectivity index (χ3v) is 5.01. The molecule has 1 aromatic carbocycles. The second kappa shape index (κ2) is 6.04. The van der Waals surface area contributed by atoms with Crippen LogP contribution in [-0.4, -0.2) is 26.8 Å². The molecule has 2 aliphatic carbocycles. The third kappa shape index (κ3) is 2.78. The molecule has 0 aliphatic heterocycles. The number of hydrogen-bond donors (Lipinski definition) is 1. The largest absolute Gasteiger partial charge is 0.493 e. The lowest BCUT2D eigenvalue weighted by atomic mass is 9.95. The van der Waals surface area contributed by atoms with Crippen molar-refractivity contribution in [3.8, 4) is 11.5 Å². The molecule has 0 heterocycles. The minimum atomic E-state index is 0.772. The predicted octanol–water partition coefficient (Wildman–Crippen LogP) is 3.02. The Labute approximate surface area is 121 Å². The van der Waals surface area contributed by atoms with Gasteiger partial charge >= 0.3 is 0 Å². The van der Waals surface area contributed by atoms with E-state index in [-0.39, 0.29) is 0 Å². The molecule has 3 nitrogen and oxygen atoms in total. The number of hydrogen-bond acceptors (Lipinski definition) is 3. The molecule has 2 bridgehead atoms. The van der Waals surface area contributed by atoms with Crippen molar-refractivity contribution in [1.29, 1.82) is 0 Å². The molecule has 110 valence electrons. The van der Waals surface area contributed by atoms with Gasteiger partial charge in [-0.1, -0.05) is 12.5 Å². The van der Waals surface area contributed by atoms with Crippen LogP contribution in [0.5, 0.6) is 11.5 Å². The van der Waals surface area contributed by atoms with E-state index in [0.717, 1.165) is 42.3 Å². The van der Waals surface area contributed by atoms with Crippen LogP contribution in [0.1, 0.15) is 31.2 Å². The lowest BCUT2D eigenvalue weighted by Crippen LogP contribution is -2.35. The van der Waals surface area contributed by atoms with Gasteiger partial charge in [0.25, 0.3) is 0 Å². The van der Waals surface area contributed by atoms with Crippen molar-refractivity contribution in [2.45, 2.75) is 38.1 Å². The van der Waals surface area contributed by atoms with E-state index >= 15 is 0 Å². The van der Waals surface area contributed by atoms with E-state index in [2.05, 4.69) is 17.4 Å². The van der Waals surface area contributed by atoms with E-state index in [9.17, 15) is 0 Å². The van der Waals surface area contributed by atoms with Crippen LogP contribution >= 0.6 is 0 Å². The Hall–Kier alpha value is -1.22. The third-order valence-electron chi connectivity index (χ3n) is 5.01. The molecule has 0 spiro atoms. The van der Waals surface area contributed by atoms with Gasteiger partial charge in [0.1, 0.15) is 0 Å². The fraction of sp³-hybridized carbons (Fsp3) is 0.647. The fourth-order valence-corrected chi connectivity index (χ4v) is 3.93. The zero-order valence-corrected chi connectivity index (χ0v) is 12.5. The number of ether oxygens (including phenoxy) is 2. The first kappa shape index (κ1) is 13.7. The molecule has 2 aliphatic rings. The highest BCUT2D eigenvalue weighted by atomic mass is 16.5. The van der Waals surface area contributed by atoms with Crippen molar-refractivity contribution >= 4 is 0 Å². The zero-order chi connectivity index (χ0) is 13.9. The Kier molecular flexibility index (Phi) is 4.16. The number of benzene rings is 1. The van der Waals surface area contributed by atoms with Crippen molar-refractivity contribution in [1.82, 2.24) is 5.32 Å². The molecule has 0 amide bonds. The summed E-state index contributed by atoms with van der Waals surface area (Å²) in [7, 11) is 3.36. The number of nitrogens with one attached hydrogen (secondary N) is 1. The van der Waals surface area contributed by atoms with Gasteiger partial charge in [0.15, 0.2) is 11.5 Å². The van der Waals surface area contributed by atoms with E-state index in [1.54, 1.807) is 14.2 Å². The molecular formula is C17H25NO2. The molecule has 0 saturated heterocycles. The maximum absolute atomic E-state index is 5.35. The van der Waals surface area contributed by atoms with Crippen LogP contribution in [0.25, 0.3) is 0 Å². The average molecular weight is 275 g/mol. The quantitative estimate of drug-likeness (QED) is 0.865. The second-order valence-electron chi connectivity index (χ2n) is 6.17. The van der Waals surface area contributed by atoms with Gasteiger partial charge in [0, 0.05) is 6.04 Å². The Morgan fingerprint density at radius 2 is 1.95 bits per heavy atom. The van der Waals surface area contributed by atoms with Gasteiger partial charge in [0.05, 0.1) is 14.2 Å². The smallest absolute Gasteiger partial charge is 0.160 e. The lowest BCUT2D eigenvalue weighted by molar-refractivity contribution is 0.351. The SMILES string of the molecule is COc1ccc(CCN[C@H]2C[C@@H]3CC[C@@H]2C3)cc1OC. The van der Waals surface area contributed by atoms with Gasteiger partial charge in [-0.3, -0.25) is 0 Å². The fourth-order valence-electron chi connectivity index (χ4n) is 3.93. The van der Waals surface area contributed by atoms with Crippen molar-refractivity contribution < 1.29 is 9.47 Å². The predicted molar refractivity (Wildman–Crippen MR) is 80.5 cm³/mol. The number of fused-ring (bicyclic) bond motifs is 2. The molecule has 0 radical (unpaired) electrons. The summed E-state index contributed by atoms with van der Waals surface area (Å²) in [5.74, 6) is 3.59. The molecule has 3 rings (SSSR count). The standard InChI is InChI=1S/C17H25NO2/c1-19-16-6-4-12(11-17(16)20-2)7-8-18-15-10-13-3-5-14(15)9-13/h4,6,11,13-15,18H,3,5,7-10H2,1-2H3/t13-,14-,15+/m1/s1. The normalized spacial score (nSPS) is 27.8. The molecule has 1 aromatic rings. The molecule has 3 atom stereocenters. The van der Waals surface area contributed by atoms with Crippen LogP contribution in [0.15, 0.2) is 18.2 Å². The van der Waals surface area contributed by atoms with Crippen LogP contribution in [0.2, 0.25) is 0 Å². The van der Waals surface area contributed by atoms with Crippen LogP contribution < -0.4 is 14.8 Å². The van der Waals surface area contributed by atoms with Gasteiger partial charge in [-0.05, 0) is 61.8 Å². The van der Waals surface area contributed by atoms with E-state index in [1.807, 2.05) is 6.07 Å². The van der Waals surface area contributed by atoms with Gasteiger partial charge in [-0.15, -0.1) is 0 Å². The summed E-state index contributed by atoms with van der Waals surface area (Å²) in [5, 5.41) is 3.76. The molecule has 1 N–H and O–H groups in total. The molecule has 3 heteroatoms. The summed E-state index contributed by atoms with van der Waals surface area (Å²) in [6.07, 6.45) is 6.83. The molecule has 0 unspecified atom stereocenters. The Morgan fingerprint density at radius 3 is 2.60 bits per heavy atom. The van der Waals surface area contributed by atoms with Crippen molar-refractivity contribution in [2.24, 2.45) is 11.8 Å². The Balaban J connectivity index is 1.51. The number of methoxy groups -OCH3 is 2. The van der Waals surface area contributed by atoms with Crippen LogP contribution in [0.3, 0.4) is 0 Å². The summed E-state index contributed by atoms with van der Waals surface area (Å²) >= 11 is 0. The van der Waals surface area contributed by atoms with E-state index in [0.29, 0.717) is 0 Å². The highest BCUT2D eigenvalue weighted by molar-refractivity contribution is 5.42. The Morgan fingerprint density at radius 1 is 1.10 bits per heavy atom. The maximum atomic E-state index is 5.35. The van der Waals surface area contributed by atoms with Gasteiger partial charge in [-0.2, -0.15) is 0 Å². The molecular weight excluding hydrogens is 250 g/mol. The Bertz CT molecular complexity index is 460. The summed E-state index contributed by atoms with van der Waals surface area (Å²) in [6, 6.07) is 6.98. The minimum Gasteiger partial charge on any atom is -0.493 e. The molecule has 20 heavy (non-hydrogen) atoms. The summed E-state index contributed by atoms with van der Waals surface area (Å²) in [5.41, 5.74) is 1.30. The molecule has 2 saturated carbocycles. The lowest BCUT2D eigenvalue weighted by Gasteiger charge is -2.23. The monoisotopic (exact) mass is 275 g/mol. The van der Waals surface area contributed by atoms with Crippen molar-refractivity contribution in [2.75, 3.05) is 20.8 Å². The molecule has 0 aromatic heterocycles. The van der Waals surface area contributed by atoms with E-state index < -0.39 is 0 Å². The summed E-state index contributed by atoms with van der Waals surface area (Å²) < 4.78 is 10.6. The van der Waals surface area contributed by atoms with Crippen LogP contribution in [-0.2, 0) is 6.42 Å². The van der Waals surface area contributed by atoms with E-state index in [1.165, 1.54) is 31.2 Å². The summed E-state index contributed by atoms with van der Waals surface area (Å²) in [6.45, 7) is 1.06. The topological polar surface area (TPSA) is 30.5 Å². The summed E-state index contributed by atoms with van der Waals surface area (Å²) in [4.78, 5) is 0. The first-order valence-electron chi connectivity index (χ1n) is 7.74. The highest BCUT2D eigenvalue weighted by Crippen LogP contribution is 2.44. The maximum Gasteiger partial charge on any atom is 0.160 e. The second-order valence-corrected chi connectivity index (χ2v) is 6.17. The zero-order valence-electron chi connectivity index (χ0n) is 12.5. The minimum absolute atomic E-state index is 0.772. The van der Waals surface area contributed by atoms with Crippen molar-refractivity contribution in [3.05, 3.63) is 23.8 Å². The van der Waals surface area contributed by atoms with Crippen LogP contribution in [0, 0.1) is 11.8 Å². The van der Waals surface area contributed by atoms with E-state index in [4.69, 9.17) is 9.47 Å². The number of rotatable bonds is 6. The van der Waals surface area contributed by atoms with Gasteiger partial charge in [0.2, 0.25) is 0 Å².